The minimum atomic E-state index is -3.31. The Balaban J connectivity index is 3.96. The van der Waals surface area contributed by atoms with Crippen LogP contribution in [0.2, 0.25) is 0 Å². The maximum absolute atomic E-state index is 11.7. The van der Waals surface area contributed by atoms with Crippen LogP contribution in [0.1, 0.15) is 13.8 Å². The first-order chi connectivity index (χ1) is 6.12. The number of rotatable bonds is 6. The highest BCUT2D eigenvalue weighted by molar-refractivity contribution is 7.88. The molecule has 86 valence electrons. The fraction of sp³-hybridized carbons (Fsp3) is 1.00. The van der Waals surface area contributed by atoms with Crippen LogP contribution in [0, 0.1) is 0 Å². The second-order valence-electron chi connectivity index (χ2n) is 3.78. The molecule has 0 atom stereocenters. The smallest absolute Gasteiger partial charge is 0.250 e. The summed E-state index contributed by atoms with van der Waals surface area (Å²) in [6, 6.07) is 0. The van der Waals surface area contributed by atoms with Gasteiger partial charge in [-0.25, -0.2) is 21.9 Å². The number of nitrogens with one attached hydrogen (secondary N) is 2. The average Bonchev–Trinajstić information content (AvgIpc) is 1.78. The van der Waals surface area contributed by atoms with Gasteiger partial charge in [0, 0.05) is 12.1 Å². The summed E-state index contributed by atoms with van der Waals surface area (Å²) in [4.78, 5) is 0. The van der Waals surface area contributed by atoms with Crippen molar-refractivity contribution in [3.05, 3.63) is 0 Å². The van der Waals surface area contributed by atoms with Crippen LogP contribution in [0.3, 0.4) is 0 Å². The van der Waals surface area contributed by atoms with E-state index in [9.17, 15) is 17.2 Å². The Kier molecular flexibility index (Phi) is 4.90. The Bertz CT molecular complexity index is 265. The molecule has 0 aliphatic carbocycles. The van der Waals surface area contributed by atoms with E-state index < -0.39 is 28.5 Å². The lowest BCUT2D eigenvalue weighted by molar-refractivity contribution is 0.143. The summed E-state index contributed by atoms with van der Waals surface area (Å²) in [6.45, 7) is 2.96. The van der Waals surface area contributed by atoms with Crippen LogP contribution >= 0.6 is 0 Å². The Hall–Kier alpha value is -0.270. The maximum Gasteiger partial charge on any atom is 0.250 e. The first-order valence-corrected chi connectivity index (χ1v) is 5.99. The number of hydrogen-bond donors (Lipinski definition) is 2. The molecule has 0 aliphatic rings. The molecule has 7 heteroatoms. The Morgan fingerprint density at radius 1 is 1.36 bits per heavy atom. The van der Waals surface area contributed by atoms with Gasteiger partial charge in [0.1, 0.15) is 0 Å². The number of halogens is 2. The quantitative estimate of drug-likeness (QED) is 0.684. The van der Waals surface area contributed by atoms with Gasteiger partial charge in [0.05, 0.1) is 12.8 Å². The number of alkyl halides is 2. The van der Waals surface area contributed by atoms with E-state index in [-0.39, 0.29) is 6.54 Å². The van der Waals surface area contributed by atoms with Crippen molar-refractivity contribution < 1.29 is 17.2 Å². The SMILES string of the molecule is CC(C)(CNCC(F)F)NS(C)(=O)=O. The van der Waals surface area contributed by atoms with E-state index in [1.165, 1.54) is 0 Å². The number of sulfonamides is 1. The summed E-state index contributed by atoms with van der Waals surface area (Å²) in [7, 11) is -3.31. The summed E-state index contributed by atoms with van der Waals surface area (Å²) in [5.74, 6) is 0. The summed E-state index contributed by atoms with van der Waals surface area (Å²) in [5.41, 5.74) is -0.761. The molecule has 0 heterocycles. The topological polar surface area (TPSA) is 58.2 Å². The molecule has 0 saturated carbocycles. The third kappa shape index (κ3) is 8.33. The molecule has 14 heavy (non-hydrogen) atoms. The van der Waals surface area contributed by atoms with Crippen LogP contribution in [0.15, 0.2) is 0 Å². The van der Waals surface area contributed by atoms with Crippen LogP contribution in [-0.4, -0.2) is 39.7 Å². The van der Waals surface area contributed by atoms with E-state index in [0.717, 1.165) is 6.26 Å². The van der Waals surface area contributed by atoms with Crippen molar-refractivity contribution in [2.75, 3.05) is 19.3 Å². The van der Waals surface area contributed by atoms with Crippen LogP contribution in [-0.2, 0) is 10.0 Å². The second kappa shape index (κ2) is 4.99. The van der Waals surface area contributed by atoms with Gasteiger partial charge in [-0.3, -0.25) is 0 Å². The molecule has 4 nitrogen and oxygen atoms in total. The van der Waals surface area contributed by atoms with Gasteiger partial charge in [0.15, 0.2) is 0 Å². The molecule has 0 saturated heterocycles. The van der Waals surface area contributed by atoms with Gasteiger partial charge in [-0.05, 0) is 13.8 Å². The molecule has 0 unspecified atom stereocenters. The minimum Gasteiger partial charge on any atom is -0.310 e. The molecule has 0 bridgehead atoms. The highest BCUT2D eigenvalue weighted by atomic mass is 32.2. The lowest BCUT2D eigenvalue weighted by Crippen LogP contribution is -2.50. The Labute approximate surface area is 83.1 Å². The molecular formula is C7H16F2N2O2S. The molecule has 0 fully saturated rings. The summed E-state index contributed by atoms with van der Waals surface area (Å²) in [5, 5.41) is 2.47. The fourth-order valence-corrected chi connectivity index (χ4v) is 2.11. The predicted molar refractivity (Wildman–Crippen MR) is 50.9 cm³/mol. The van der Waals surface area contributed by atoms with Gasteiger partial charge in [0.2, 0.25) is 10.0 Å². The van der Waals surface area contributed by atoms with E-state index in [4.69, 9.17) is 0 Å². The van der Waals surface area contributed by atoms with E-state index in [0.29, 0.717) is 0 Å². The molecule has 0 radical (unpaired) electrons. The summed E-state index contributed by atoms with van der Waals surface area (Å²) in [6.07, 6.45) is -1.40. The fourth-order valence-electron chi connectivity index (χ4n) is 1.03. The van der Waals surface area contributed by atoms with Crippen LogP contribution < -0.4 is 10.0 Å². The second-order valence-corrected chi connectivity index (χ2v) is 5.53. The van der Waals surface area contributed by atoms with Crippen molar-refractivity contribution in [1.29, 1.82) is 0 Å². The van der Waals surface area contributed by atoms with Crippen LogP contribution in [0.25, 0.3) is 0 Å². The maximum atomic E-state index is 11.7. The lowest BCUT2D eigenvalue weighted by atomic mass is 10.1. The van der Waals surface area contributed by atoms with Crippen molar-refractivity contribution >= 4 is 10.0 Å². The molecule has 0 aromatic heterocycles. The average molecular weight is 230 g/mol. The first kappa shape index (κ1) is 13.7. The predicted octanol–water partition coefficient (Wildman–Crippen LogP) is 0.169. The van der Waals surface area contributed by atoms with Crippen molar-refractivity contribution in [3.63, 3.8) is 0 Å². The third-order valence-electron chi connectivity index (χ3n) is 1.33. The largest absolute Gasteiger partial charge is 0.310 e. The van der Waals surface area contributed by atoms with Gasteiger partial charge in [0.25, 0.3) is 6.43 Å². The third-order valence-corrected chi connectivity index (χ3v) is 2.25. The number of hydrogen-bond acceptors (Lipinski definition) is 3. The van der Waals surface area contributed by atoms with E-state index in [2.05, 4.69) is 10.0 Å². The van der Waals surface area contributed by atoms with Gasteiger partial charge >= 0.3 is 0 Å². The van der Waals surface area contributed by atoms with E-state index in [1.807, 2.05) is 0 Å². The zero-order chi connectivity index (χ0) is 11.4. The molecule has 0 aromatic carbocycles. The summed E-state index contributed by atoms with van der Waals surface area (Å²) >= 11 is 0. The molecule has 0 aromatic rings. The van der Waals surface area contributed by atoms with Gasteiger partial charge in [-0.1, -0.05) is 0 Å². The monoisotopic (exact) mass is 230 g/mol. The van der Waals surface area contributed by atoms with E-state index in [1.54, 1.807) is 13.8 Å². The molecule has 0 aliphatic heterocycles. The molecular weight excluding hydrogens is 214 g/mol. The van der Waals surface area contributed by atoms with Gasteiger partial charge in [-0.2, -0.15) is 0 Å². The summed E-state index contributed by atoms with van der Waals surface area (Å²) < 4.78 is 47.5. The molecule has 0 rings (SSSR count). The molecule has 0 spiro atoms. The lowest BCUT2D eigenvalue weighted by Gasteiger charge is -2.25. The van der Waals surface area contributed by atoms with Crippen molar-refractivity contribution in [2.24, 2.45) is 0 Å². The zero-order valence-electron chi connectivity index (χ0n) is 8.47. The van der Waals surface area contributed by atoms with Crippen molar-refractivity contribution in [1.82, 2.24) is 10.0 Å². The zero-order valence-corrected chi connectivity index (χ0v) is 9.29. The molecule has 0 amide bonds. The van der Waals surface area contributed by atoms with Crippen LogP contribution in [0.4, 0.5) is 8.78 Å². The Morgan fingerprint density at radius 3 is 2.21 bits per heavy atom. The van der Waals surface area contributed by atoms with Gasteiger partial charge < -0.3 is 5.32 Å². The van der Waals surface area contributed by atoms with E-state index >= 15 is 0 Å². The minimum absolute atomic E-state index is 0.157. The first-order valence-electron chi connectivity index (χ1n) is 4.10. The normalized spacial score (nSPS) is 13.6. The van der Waals surface area contributed by atoms with Gasteiger partial charge in [-0.15, -0.1) is 0 Å². The Morgan fingerprint density at radius 2 is 1.86 bits per heavy atom. The van der Waals surface area contributed by atoms with Crippen molar-refractivity contribution in [3.8, 4) is 0 Å². The molecule has 2 N–H and O–H groups in total. The standard InChI is InChI=1S/C7H16F2N2O2S/c1-7(2,11-14(3,12)13)5-10-4-6(8)9/h6,10-11H,4-5H2,1-3H3. The highest BCUT2D eigenvalue weighted by Crippen LogP contribution is 2.02. The van der Waals surface area contributed by atoms with Crippen LogP contribution in [0.5, 0.6) is 0 Å². The highest BCUT2D eigenvalue weighted by Gasteiger charge is 2.21. The van der Waals surface area contributed by atoms with Crippen molar-refractivity contribution in [2.45, 2.75) is 25.8 Å².